The van der Waals surface area contributed by atoms with Gasteiger partial charge in [0.15, 0.2) is 6.61 Å². The SMILES string of the molecule is Cc1ccc(OC[C@H](C)NC(=O)COc2ccc(Cl)cc2Cl)cc1. The molecule has 0 aliphatic rings. The van der Waals surface area contributed by atoms with Gasteiger partial charge in [-0.25, -0.2) is 0 Å². The maximum absolute atomic E-state index is 11.9. The largest absolute Gasteiger partial charge is 0.491 e. The lowest BCUT2D eigenvalue weighted by Gasteiger charge is -2.15. The molecule has 0 spiro atoms. The first-order chi connectivity index (χ1) is 11.4. The molecule has 0 unspecified atom stereocenters. The highest BCUT2D eigenvalue weighted by Crippen LogP contribution is 2.27. The minimum absolute atomic E-state index is 0.129. The van der Waals surface area contributed by atoms with Crippen LogP contribution in [0.4, 0.5) is 0 Å². The van der Waals surface area contributed by atoms with Crippen molar-refractivity contribution < 1.29 is 14.3 Å². The van der Waals surface area contributed by atoms with Crippen LogP contribution >= 0.6 is 23.2 Å². The molecular formula is C18H19Cl2NO3. The maximum Gasteiger partial charge on any atom is 0.258 e. The van der Waals surface area contributed by atoms with Crippen molar-refractivity contribution in [3.05, 3.63) is 58.1 Å². The summed E-state index contributed by atoms with van der Waals surface area (Å²) in [5.74, 6) is 0.937. The van der Waals surface area contributed by atoms with E-state index in [1.54, 1.807) is 18.2 Å². The summed E-state index contributed by atoms with van der Waals surface area (Å²) in [5.41, 5.74) is 1.17. The Bertz CT molecular complexity index is 689. The molecule has 2 rings (SSSR count). The molecule has 0 saturated carbocycles. The number of hydrogen-bond donors (Lipinski definition) is 1. The first-order valence-corrected chi connectivity index (χ1v) is 8.26. The van der Waals surface area contributed by atoms with Crippen molar-refractivity contribution in [1.82, 2.24) is 5.32 Å². The fourth-order valence-corrected chi connectivity index (χ4v) is 2.41. The van der Waals surface area contributed by atoms with E-state index < -0.39 is 0 Å². The van der Waals surface area contributed by atoms with Crippen LogP contribution in [0.25, 0.3) is 0 Å². The topological polar surface area (TPSA) is 47.6 Å². The predicted molar refractivity (Wildman–Crippen MR) is 96.2 cm³/mol. The molecule has 0 aliphatic heterocycles. The molecule has 0 aromatic heterocycles. The molecule has 1 amide bonds. The van der Waals surface area contributed by atoms with Gasteiger partial charge in [-0.05, 0) is 44.2 Å². The summed E-state index contributed by atoms with van der Waals surface area (Å²) >= 11 is 11.8. The van der Waals surface area contributed by atoms with Gasteiger partial charge in [-0.1, -0.05) is 40.9 Å². The Morgan fingerprint density at radius 2 is 1.83 bits per heavy atom. The Kier molecular flexibility index (Phi) is 6.76. The number of hydrogen-bond acceptors (Lipinski definition) is 3. The van der Waals surface area contributed by atoms with Gasteiger partial charge in [-0.2, -0.15) is 0 Å². The summed E-state index contributed by atoms with van der Waals surface area (Å²) in [6.45, 7) is 4.12. The molecule has 2 aromatic rings. The summed E-state index contributed by atoms with van der Waals surface area (Å²) in [7, 11) is 0. The van der Waals surface area contributed by atoms with E-state index in [0.717, 1.165) is 5.75 Å². The molecule has 128 valence electrons. The zero-order valence-electron chi connectivity index (χ0n) is 13.5. The number of nitrogens with one attached hydrogen (secondary N) is 1. The van der Waals surface area contributed by atoms with E-state index >= 15 is 0 Å². The molecular weight excluding hydrogens is 349 g/mol. The zero-order valence-corrected chi connectivity index (χ0v) is 15.0. The molecule has 0 bridgehead atoms. The monoisotopic (exact) mass is 367 g/mol. The molecule has 2 aromatic carbocycles. The molecule has 0 heterocycles. The van der Waals surface area contributed by atoms with Crippen molar-refractivity contribution in [3.63, 3.8) is 0 Å². The van der Waals surface area contributed by atoms with E-state index in [1.807, 2.05) is 38.1 Å². The van der Waals surface area contributed by atoms with Gasteiger partial charge in [0.1, 0.15) is 18.1 Å². The Labute approximate surface area is 151 Å². The van der Waals surface area contributed by atoms with Crippen LogP contribution in [0.2, 0.25) is 10.0 Å². The van der Waals surface area contributed by atoms with Gasteiger partial charge in [0.2, 0.25) is 0 Å². The number of carbonyl (C=O) groups excluding carboxylic acids is 1. The van der Waals surface area contributed by atoms with Crippen molar-refractivity contribution in [2.45, 2.75) is 19.9 Å². The third-order valence-corrected chi connectivity index (χ3v) is 3.71. The van der Waals surface area contributed by atoms with Gasteiger partial charge in [0.05, 0.1) is 11.1 Å². The predicted octanol–water partition coefficient (Wildman–Crippen LogP) is 4.26. The van der Waals surface area contributed by atoms with Gasteiger partial charge in [0, 0.05) is 5.02 Å². The molecule has 1 N–H and O–H groups in total. The van der Waals surface area contributed by atoms with Crippen molar-refractivity contribution in [1.29, 1.82) is 0 Å². The minimum atomic E-state index is -0.249. The summed E-state index contributed by atoms with van der Waals surface area (Å²) in [6.07, 6.45) is 0. The van der Waals surface area contributed by atoms with Crippen LogP contribution in [0.5, 0.6) is 11.5 Å². The normalized spacial score (nSPS) is 11.7. The fourth-order valence-electron chi connectivity index (χ4n) is 1.95. The van der Waals surface area contributed by atoms with E-state index in [1.165, 1.54) is 5.56 Å². The standard InChI is InChI=1S/C18H19Cl2NO3/c1-12-3-6-15(7-4-12)23-10-13(2)21-18(22)11-24-17-8-5-14(19)9-16(17)20/h3-9,13H,10-11H2,1-2H3,(H,21,22)/t13-/m0/s1. The number of ether oxygens (including phenoxy) is 2. The second kappa shape index (κ2) is 8.81. The van der Waals surface area contributed by atoms with Gasteiger partial charge in [-0.15, -0.1) is 0 Å². The second-order valence-corrected chi connectivity index (χ2v) is 6.30. The van der Waals surface area contributed by atoms with E-state index in [0.29, 0.717) is 22.4 Å². The summed E-state index contributed by atoms with van der Waals surface area (Å²) < 4.78 is 11.0. The van der Waals surface area contributed by atoms with Crippen LogP contribution in [0, 0.1) is 6.92 Å². The van der Waals surface area contributed by atoms with E-state index in [9.17, 15) is 4.79 Å². The summed E-state index contributed by atoms with van der Waals surface area (Å²) in [5, 5.41) is 3.68. The van der Waals surface area contributed by atoms with Crippen molar-refractivity contribution in [2.75, 3.05) is 13.2 Å². The number of carbonyl (C=O) groups is 1. The molecule has 1 atom stereocenters. The molecule has 24 heavy (non-hydrogen) atoms. The third kappa shape index (κ3) is 5.95. The van der Waals surface area contributed by atoms with Gasteiger partial charge in [-0.3, -0.25) is 4.79 Å². The van der Waals surface area contributed by atoms with Crippen LogP contribution in [0.1, 0.15) is 12.5 Å². The van der Waals surface area contributed by atoms with Crippen molar-refractivity contribution in [3.8, 4) is 11.5 Å². The Morgan fingerprint density at radius 3 is 2.50 bits per heavy atom. The van der Waals surface area contributed by atoms with Gasteiger partial charge in [0.25, 0.3) is 5.91 Å². The molecule has 0 fully saturated rings. The lowest BCUT2D eigenvalue weighted by atomic mass is 10.2. The lowest BCUT2D eigenvalue weighted by molar-refractivity contribution is -0.123. The minimum Gasteiger partial charge on any atom is -0.491 e. The second-order valence-electron chi connectivity index (χ2n) is 5.46. The number of amides is 1. The molecule has 0 radical (unpaired) electrons. The highest BCUT2D eigenvalue weighted by atomic mass is 35.5. The first-order valence-electron chi connectivity index (χ1n) is 7.50. The van der Waals surface area contributed by atoms with Crippen LogP contribution < -0.4 is 14.8 Å². The van der Waals surface area contributed by atoms with Crippen molar-refractivity contribution in [2.24, 2.45) is 0 Å². The third-order valence-electron chi connectivity index (χ3n) is 3.18. The van der Waals surface area contributed by atoms with E-state index in [-0.39, 0.29) is 18.6 Å². The Morgan fingerprint density at radius 1 is 1.12 bits per heavy atom. The molecule has 0 aliphatic carbocycles. The number of benzene rings is 2. The van der Waals surface area contributed by atoms with Crippen molar-refractivity contribution >= 4 is 29.1 Å². The number of rotatable bonds is 7. The number of halogens is 2. The fraction of sp³-hybridized carbons (Fsp3) is 0.278. The highest BCUT2D eigenvalue weighted by molar-refractivity contribution is 6.35. The zero-order chi connectivity index (χ0) is 17.5. The van der Waals surface area contributed by atoms with Crippen LogP contribution in [-0.4, -0.2) is 25.2 Å². The smallest absolute Gasteiger partial charge is 0.258 e. The summed E-state index contributed by atoms with van der Waals surface area (Å²) in [6, 6.07) is 12.4. The van der Waals surface area contributed by atoms with Gasteiger partial charge >= 0.3 is 0 Å². The Hall–Kier alpha value is -1.91. The van der Waals surface area contributed by atoms with Crippen LogP contribution in [-0.2, 0) is 4.79 Å². The van der Waals surface area contributed by atoms with Crippen LogP contribution in [0.15, 0.2) is 42.5 Å². The van der Waals surface area contributed by atoms with E-state index in [4.69, 9.17) is 32.7 Å². The van der Waals surface area contributed by atoms with Crippen LogP contribution in [0.3, 0.4) is 0 Å². The average Bonchev–Trinajstić information content (AvgIpc) is 2.53. The molecule has 4 nitrogen and oxygen atoms in total. The van der Waals surface area contributed by atoms with Gasteiger partial charge < -0.3 is 14.8 Å². The quantitative estimate of drug-likeness (QED) is 0.794. The lowest BCUT2D eigenvalue weighted by Crippen LogP contribution is -2.39. The Balaban J connectivity index is 1.74. The van der Waals surface area contributed by atoms with E-state index in [2.05, 4.69) is 5.32 Å². The highest BCUT2D eigenvalue weighted by Gasteiger charge is 2.10. The maximum atomic E-state index is 11.9. The first kappa shape index (κ1) is 18.4. The summed E-state index contributed by atoms with van der Waals surface area (Å²) in [4.78, 5) is 11.9. The molecule has 0 saturated heterocycles. The number of aryl methyl sites for hydroxylation is 1. The average molecular weight is 368 g/mol. The molecule has 6 heteroatoms.